The summed E-state index contributed by atoms with van der Waals surface area (Å²) in [5.74, 6) is -0.534. The molecule has 0 spiro atoms. The SMILES string of the molecule is C.CC(C)(C)[Si](C)(C)OCC1CCc2c(C(=O)O)nn(COCC[Si](C)(C)C)c2C1.Nc1cnn(Cc2ccccc2)c1.O=C(Nc1cnn(Cc2ccccc2)c1)c1n[nH]c2c1CCC(CO)C2. The maximum absolute atomic E-state index is 12.6. The van der Waals surface area contributed by atoms with Crippen molar-refractivity contribution < 1.29 is 29.0 Å². The van der Waals surface area contributed by atoms with Crippen LogP contribution in [0.4, 0.5) is 11.4 Å². The molecule has 8 rings (SSSR count). The van der Waals surface area contributed by atoms with E-state index in [0.29, 0.717) is 42.9 Å². The number of aromatic amines is 1. The number of hydrogen-bond acceptors (Lipinski definition) is 10. The summed E-state index contributed by atoms with van der Waals surface area (Å²) in [5, 5.41) is 41.9. The van der Waals surface area contributed by atoms with E-state index >= 15 is 0 Å². The number of amides is 1. The molecule has 6 N–H and O–H groups in total. The number of benzene rings is 2. The van der Waals surface area contributed by atoms with Gasteiger partial charge in [-0.15, -0.1) is 0 Å². The summed E-state index contributed by atoms with van der Waals surface area (Å²) in [6.45, 7) is 21.6. The van der Waals surface area contributed by atoms with Crippen molar-refractivity contribution in [1.29, 1.82) is 0 Å². The Labute approximate surface area is 410 Å². The molecule has 0 saturated heterocycles. The highest BCUT2D eigenvalue weighted by Crippen LogP contribution is 2.38. The number of nitrogens with one attached hydrogen (secondary N) is 2. The van der Waals surface area contributed by atoms with E-state index in [1.54, 1.807) is 21.8 Å². The lowest BCUT2D eigenvalue weighted by molar-refractivity contribution is 0.0667. The number of aromatic nitrogens is 8. The Morgan fingerprint density at radius 1 is 0.855 bits per heavy atom. The van der Waals surface area contributed by atoms with E-state index in [4.69, 9.17) is 14.9 Å². The summed E-state index contributed by atoms with van der Waals surface area (Å²) in [4.78, 5) is 24.3. The maximum atomic E-state index is 12.6. The monoisotopic (exact) mass is 981 g/mol. The number of hydrogen-bond donors (Lipinski definition) is 5. The number of H-pyrrole nitrogens is 1. The van der Waals surface area contributed by atoms with Crippen LogP contribution in [0.25, 0.3) is 0 Å². The maximum Gasteiger partial charge on any atom is 0.356 e. The number of aliphatic hydroxyl groups excluding tert-OH is 1. The lowest BCUT2D eigenvalue weighted by Crippen LogP contribution is -2.42. The van der Waals surface area contributed by atoms with E-state index < -0.39 is 22.4 Å². The Hall–Kier alpha value is -5.67. The number of aliphatic hydroxyl groups is 1. The fraction of sp³-hybridized carbons (Fsp3) is 0.490. The van der Waals surface area contributed by atoms with Crippen LogP contribution in [-0.2, 0) is 54.7 Å². The van der Waals surface area contributed by atoms with E-state index in [0.717, 1.165) is 85.8 Å². The van der Waals surface area contributed by atoms with Crippen molar-refractivity contribution in [2.45, 2.75) is 130 Å². The molecule has 0 fully saturated rings. The summed E-state index contributed by atoms with van der Waals surface area (Å²) >= 11 is 0. The number of carbonyl (C=O) groups is 2. The van der Waals surface area contributed by atoms with Crippen molar-refractivity contribution in [2.75, 3.05) is 30.9 Å². The van der Waals surface area contributed by atoms with Crippen LogP contribution >= 0.6 is 0 Å². The van der Waals surface area contributed by atoms with E-state index in [2.05, 4.69) is 96.4 Å². The van der Waals surface area contributed by atoms with E-state index in [1.165, 1.54) is 5.56 Å². The fourth-order valence-corrected chi connectivity index (χ4v) is 9.72. The number of carbonyl (C=O) groups excluding carboxylic acids is 1. The van der Waals surface area contributed by atoms with Crippen LogP contribution in [0.1, 0.15) is 95.7 Å². The van der Waals surface area contributed by atoms with Crippen molar-refractivity contribution in [1.82, 2.24) is 39.5 Å². The number of fused-ring (bicyclic) bond motifs is 2. The fourth-order valence-electron chi connectivity index (χ4n) is 7.88. The zero-order chi connectivity index (χ0) is 49.1. The number of rotatable bonds is 16. The molecule has 2 aliphatic rings. The second-order valence-corrected chi connectivity index (χ2v) is 31.2. The minimum atomic E-state index is -1.79. The standard InChI is InChI=1S/C21H40N2O4Si2.C19H21N5O2.C10H11N3.CH4/c1-21(2,3)29(7,8)27-14-16-9-10-17-18(13-16)23(22-19(17)20(24)25)15-26-11-12-28(4,5)6;25-12-14-6-7-16-17(8-14)22-23-18(16)19(26)21-15-9-20-24(11-15)10-13-4-2-1-3-5-13;11-10-6-12-13(8-10)7-9-4-2-1-3-5-9;/h16H,9-15H2,1-8H3,(H,24,25);1-5,9,11,14,25H,6-8,10,12H2,(H,21,26)(H,22,23);1-6,8H,7,11H2;1H4. The molecule has 2 unspecified atom stereocenters. The quantitative estimate of drug-likeness (QED) is 0.0456. The molecule has 2 atom stereocenters. The molecule has 0 aliphatic heterocycles. The van der Waals surface area contributed by atoms with Crippen molar-refractivity contribution >= 4 is 39.6 Å². The highest BCUT2D eigenvalue weighted by molar-refractivity contribution is 6.76. The van der Waals surface area contributed by atoms with Gasteiger partial charge in [-0.1, -0.05) is 109 Å². The summed E-state index contributed by atoms with van der Waals surface area (Å²) in [6, 6.07) is 21.3. The van der Waals surface area contributed by atoms with Gasteiger partial charge in [0.2, 0.25) is 0 Å². The molecular weight excluding hydrogens is 905 g/mol. The van der Waals surface area contributed by atoms with Crippen molar-refractivity contribution in [3.05, 3.63) is 130 Å². The molecular formula is C51H76N10O6Si2. The summed E-state index contributed by atoms with van der Waals surface area (Å²) in [7, 11) is -2.94. The van der Waals surface area contributed by atoms with E-state index in [1.807, 2.05) is 65.6 Å². The first kappa shape index (κ1) is 54.3. The lowest BCUT2D eigenvalue weighted by atomic mass is 9.87. The first-order valence-corrected chi connectivity index (χ1v) is 30.3. The smallest absolute Gasteiger partial charge is 0.356 e. The van der Waals surface area contributed by atoms with Crippen LogP contribution in [0, 0.1) is 11.8 Å². The van der Waals surface area contributed by atoms with Crippen LogP contribution in [-0.4, -0.2) is 97.8 Å². The van der Waals surface area contributed by atoms with Gasteiger partial charge in [-0.2, -0.15) is 20.4 Å². The topological polar surface area (TPSA) is 213 Å². The zero-order valence-corrected chi connectivity index (χ0v) is 43.2. The third kappa shape index (κ3) is 15.7. The summed E-state index contributed by atoms with van der Waals surface area (Å²) in [6.07, 6.45) is 11.8. The third-order valence-corrected chi connectivity index (χ3v) is 19.2. The summed E-state index contributed by atoms with van der Waals surface area (Å²) < 4.78 is 17.7. The average molecular weight is 981 g/mol. The molecule has 0 radical (unpaired) electrons. The Balaban J connectivity index is 0.000000204. The molecule has 6 aromatic rings. The normalized spacial score (nSPS) is 15.6. The van der Waals surface area contributed by atoms with Gasteiger partial charge >= 0.3 is 5.97 Å². The average Bonchev–Trinajstić information content (AvgIpc) is 4.11. The first-order valence-electron chi connectivity index (χ1n) is 23.7. The Morgan fingerprint density at radius 2 is 1.46 bits per heavy atom. The third-order valence-electron chi connectivity index (χ3n) is 13.0. The number of anilines is 2. The largest absolute Gasteiger partial charge is 0.476 e. The molecule has 2 aliphatic carbocycles. The van der Waals surface area contributed by atoms with Gasteiger partial charge in [-0.3, -0.25) is 19.3 Å². The van der Waals surface area contributed by atoms with Gasteiger partial charge in [0, 0.05) is 62.8 Å². The van der Waals surface area contributed by atoms with E-state index in [-0.39, 0.29) is 36.6 Å². The minimum Gasteiger partial charge on any atom is -0.476 e. The predicted molar refractivity (Wildman–Crippen MR) is 278 cm³/mol. The second-order valence-electron chi connectivity index (χ2n) is 20.8. The molecule has 69 heavy (non-hydrogen) atoms. The highest BCUT2D eigenvalue weighted by Gasteiger charge is 2.38. The van der Waals surface area contributed by atoms with Gasteiger partial charge in [-0.05, 0) is 85.7 Å². The molecule has 2 aromatic carbocycles. The molecule has 0 saturated carbocycles. The highest BCUT2D eigenvalue weighted by atomic mass is 28.4. The van der Waals surface area contributed by atoms with Gasteiger partial charge in [0.1, 0.15) is 6.73 Å². The lowest BCUT2D eigenvalue weighted by Gasteiger charge is -2.37. The van der Waals surface area contributed by atoms with Crippen LogP contribution in [0.5, 0.6) is 0 Å². The summed E-state index contributed by atoms with van der Waals surface area (Å²) in [5.41, 5.74) is 13.7. The molecule has 18 heteroatoms. The van der Waals surface area contributed by atoms with Crippen LogP contribution < -0.4 is 11.1 Å². The molecule has 16 nitrogen and oxygen atoms in total. The van der Waals surface area contributed by atoms with Gasteiger partial charge in [-0.25, -0.2) is 9.48 Å². The van der Waals surface area contributed by atoms with Crippen molar-refractivity contribution in [2.24, 2.45) is 11.8 Å². The molecule has 1 amide bonds. The van der Waals surface area contributed by atoms with Gasteiger partial charge < -0.3 is 30.4 Å². The molecule has 374 valence electrons. The predicted octanol–water partition coefficient (Wildman–Crippen LogP) is 9.17. The number of nitrogens with zero attached hydrogens (tertiary/aromatic N) is 7. The van der Waals surface area contributed by atoms with Crippen molar-refractivity contribution in [3.8, 4) is 0 Å². The Kier molecular flexibility index (Phi) is 19.1. The first-order chi connectivity index (χ1) is 32.3. The number of aromatic carboxylic acids is 1. The van der Waals surface area contributed by atoms with E-state index in [9.17, 15) is 19.8 Å². The molecule has 4 aromatic heterocycles. The Bertz CT molecular complexity index is 2540. The van der Waals surface area contributed by atoms with Gasteiger partial charge in [0.15, 0.2) is 19.7 Å². The van der Waals surface area contributed by atoms with Crippen LogP contribution in [0.15, 0.2) is 85.5 Å². The van der Waals surface area contributed by atoms with Gasteiger partial charge in [0.05, 0.1) is 36.9 Å². The molecule has 0 bridgehead atoms. The number of ether oxygens (including phenoxy) is 1. The number of carboxylic acid groups (broad SMARTS) is 1. The second kappa shape index (κ2) is 24.3. The minimum absolute atomic E-state index is 0. The number of nitrogens with two attached hydrogens (primary N) is 1. The Morgan fingerprint density at radius 3 is 2.04 bits per heavy atom. The van der Waals surface area contributed by atoms with Crippen LogP contribution in [0.2, 0.25) is 43.8 Å². The van der Waals surface area contributed by atoms with Crippen molar-refractivity contribution in [3.63, 3.8) is 0 Å². The zero-order valence-electron chi connectivity index (χ0n) is 41.2. The number of nitrogen functional groups attached to an aromatic ring is 1. The number of carboxylic acids is 1. The van der Waals surface area contributed by atoms with Gasteiger partial charge in [0.25, 0.3) is 5.91 Å². The molecule has 4 heterocycles. The van der Waals surface area contributed by atoms with Crippen LogP contribution in [0.3, 0.4) is 0 Å².